The van der Waals surface area contributed by atoms with Crippen LogP contribution in [0.1, 0.15) is 12.6 Å². The van der Waals surface area contributed by atoms with Gasteiger partial charge in [-0.1, -0.05) is 0 Å². The highest BCUT2D eigenvalue weighted by atomic mass is 32.5. The van der Waals surface area contributed by atoms with Gasteiger partial charge in [0.2, 0.25) is 0 Å². The summed E-state index contributed by atoms with van der Waals surface area (Å²) in [6.07, 6.45) is 0.660. The molecule has 3 atom stereocenters. The molecule has 0 radical (unpaired) electrons. The van der Waals surface area contributed by atoms with Crippen LogP contribution in [0.15, 0.2) is 17.4 Å². The van der Waals surface area contributed by atoms with Crippen molar-refractivity contribution >= 4 is 29.7 Å². The lowest BCUT2D eigenvalue weighted by Crippen LogP contribution is -2.26. The SMILES string of the molecule is O=c1[nH]cnc2c1ncn2[C@H]1C[C@H](OP(O)(O)=S)[C@@H](CO)O1. The number of aliphatic hydroxyl groups excluding tert-OH is 1. The largest absolute Gasteiger partial charge is 0.394 e. The highest BCUT2D eigenvalue weighted by Gasteiger charge is 2.39. The fraction of sp³-hybridized carbons (Fsp3) is 0.500. The molecule has 1 aliphatic rings. The minimum atomic E-state index is -3.88. The molecule has 3 rings (SSSR count). The summed E-state index contributed by atoms with van der Waals surface area (Å²) in [6, 6.07) is 0. The van der Waals surface area contributed by atoms with Crippen molar-refractivity contribution in [1.29, 1.82) is 0 Å². The second-order valence-electron chi connectivity index (χ2n) is 4.74. The Labute approximate surface area is 128 Å². The van der Waals surface area contributed by atoms with Crippen LogP contribution in [0, 0.1) is 0 Å². The van der Waals surface area contributed by atoms with E-state index in [0.29, 0.717) is 5.65 Å². The molecule has 120 valence electrons. The van der Waals surface area contributed by atoms with Crippen LogP contribution in [0.5, 0.6) is 0 Å². The summed E-state index contributed by atoms with van der Waals surface area (Å²) in [7, 11) is 0. The molecule has 22 heavy (non-hydrogen) atoms. The molecule has 0 unspecified atom stereocenters. The number of nitrogens with one attached hydrogen (secondary N) is 1. The zero-order valence-electron chi connectivity index (χ0n) is 11.1. The van der Waals surface area contributed by atoms with Gasteiger partial charge >= 0.3 is 6.72 Å². The van der Waals surface area contributed by atoms with Gasteiger partial charge in [-0.25, -0.2) is 9.97 Å². The topological polar surface area (TPSA) is 143 Å². The van der Waals surface area contributed by atoms with Crippen molar-refractivity contribution in [2.75, 3.05) is 6.61 Å². The minimum Gasteiger partial charge on any atom is -0.394 e. The molecule has 0 saturated carbocycles. The average molecular weight is 348 g/mol. The molecule has 1 fully saturated rings. The van der Waals surface area contributed by atoms with Crippen molar-refractivity contribution in [3.8, 4) is 0 Å². The zero-order valence-corrected chi connectivity index (χ0v) is 12.8. The fourth-order valence-corrected chi connectivity index (χ4v) is 3.30. The number of hydrogen-bond donors (Lipinski definition) is 4. The van der Waals surface area contributed by atoms with E-state index < -0.39 is 25.2 Å². The van der Waals surface area contributed by atoms with Crippen molar-refractivity contribution in [1.82, 2.24) is 19.5 Å². The van der Waals surface area contributed by atoms with Crippen molar-refractivity contribution in [2.24, 2.45) is 0 Å². The molecular weight excluding hydrogens is 335 g/mol. The second kappa shape index (κ2) is 5.78. The van der Waals surface area contributed by atoms with Crippen LogP contribution in [0.4, 0.5) is 0 Å². The van der Waals surface area contributed by atoms with Gasteiger partial charge in [0.1, 0.15) is 12.3 Å². The minimum absolute atomic E-state index is 0.158. The average Bonchev–Trinajstić information content (AvgIpc) is 3.01. The van der Waals surface area contributed by atoms with E-state index in [9.17, 15) is 19.7 Å². The summed E-state index contributed by atoms with van der Waals surface area (Å²) < 4.78 is 12.1. The lowest BCUT2D eigenvalue weighted by molar-refractivity contribution is -0.0406. The summed E-state index contributed by atoms with van der Waals surface area (Å²) in [5, 5.41) is 9.32. The molecule has 12 heteroatoms. The van der Waals surface area contributed by atoms with Crippen molar-refractivity contribution in [2.45, 2.75) is 24.9 Å². The number of rotatable bonds is 4. The van der Waals surface area contributed by atoms with Gasteiger partial charge in [0.15, 0.2) is 11.2 Å². The highest BCUT2D eigenvalue weighted by Crippen LogP contribution is 2.44. The first-order chi connectivity index (χ1) is 10.4. The lowest BCUT2D eigenvalue weighted by atomic mass is 10.2. The summed E-state index contributed by atoms with van der Waals surface area (Å²) in [5.41, 5.74) is 0.0958. The van der Waals surface area contributed by atoms with Crippen LogP contribution in [0.3, 0.4) is 0 Å². The van der Waals surface area contributed by atoms with Crippen molar-refractivity contribution in [3.63, 3.8) is 0 Å². The molecule has 2 aromatic rings. The molecule has 2 aromatic heterocycles. The third kappa shape index (κ3) is 2.97. The van der Waals surface area contributed by atoms with Gasteiger partial charge in [-0.3, -0.25) is 9.36 Å². The maximum Gasteiger partial charge on any atom is 0.322 e. The van der Waals surface area contributed by atoms with E-state index in [1.165, 1.54) is 17.2 Å². The Hall–Kier alpha value is -1.20. The molecule has 0 amide bonds. The van der Waals surface area contributed by atoms with Crippen LogP contribution in [-0.4, -0.2) is 53.2 Å². The molecule has 10 nitrogen and oxygen atoms in total. The number of nitrogens with zero attached hydrogens (tertiary/aromatic N) is 3. The number of imidazole rings is 1. The Kier molecular flexibility index (Phi) is 4.12. The summed E-state index contributed by atoms with van der Waals surface area (Å²) in [6.45, 7) is -4.26. The van der Waals surface area contributed by atoms with Gasteiger partial charge in [-0.2, -0.15) is 0 Å². The van der Waals surface area contributed by atoms with E-state index in [2.05, 4.69) is 26.8 Å². The number of hydrogen-bond acceptors (Lipinski definition) is 7. The third-order valence-corrected chi connectivity index (χ3v) is 4.11. The van der Waals surface area contributed by atoms with Crippen molar-refractivity contribution in [3.05, 3.63) is 23.0 Å². The molecule has 3 heterocycles. The Bertz CT molecular complexity index is 787. The second-order valence-corrected chi connectivity index (χ2v) is 7.36. The fourth-order valence-electron chi connectivity index (χ4n) is 2.40. The first kappa shape index (κ1) is 15.7. The molecular formula is C10H13N4O6PS. The van der Waals surface area contributed by atoms with Gasteiger partial charge < -0.3 is 29.1 Å². The van der Waals surface area contributed by atoms with E-state index in [1.54, 1.807) is 0 Å². The van der Waals surface area contributed by atoms with Gasteiger partial charge in [0, 0.05) is 6.42 Å². The van der Waals surface area contributed by atoms with Gasteiger partial charge in [-0.05, 0) is 11.8 Å². The third-order valence-electron chi connectivity index (χ3n) is 3.31. The smallest absolute Gasteiger partial charge is 0.322 e. The Morgan fingerprint density at radius 3 is 3.00 bits per heavy atom. The predicted octanol–water partition coefficient (Wildman–Crippen LogP) is -1.01. The van der Waals surface area contributed by atoms with Crippen LogP contribution >= 0.6 is 6.72 Å². The maximum absolute atomic E-state index is 11.6. The van der Waals surface area contributed by atoms with E-state index >= 15 is 0 Å². The monoisotopic (exact) mass is 348 g/mol. The van der Waals surface area contributed by atoms with Crippen LogP contribution in [-0.2, 0) is 21.1 Å². The quantitative estimate of drug-likeness (QED) is 0.511. The van der Waals surface area contributed by atoms with Crippen LogP contribution in [0.25, 0.3) is 11.2 Å². The first-order valence-corrected chi connectivity index (χ1v) is 8.92. The molecule has 4 N–H and O–H groups in total. The van der Waals surface area contributed by atoms with E-state index in [0.717, 1.165) is 0 Å². The lowest BCUT2D eigenvalue weighted by Gasteiger charge is -2.18. The Morgan fingerprint density at radius 1 is 1.55 bits per heavy atom. The molecule has 0 aromatic carbocycles. The number of aliphatic hydroxyl groups is 1. The number of fused-ring (bicyclic) bond motifs is 1. The summed E-state index contributed by atoms with van der Waals surface area (Å²) >= 11 is 4.44. The molecule has 0 aliphatic carbocycles. The van der Waals surface area contributed by atoms with Crippen LogP contribution < -0.4 is 5.56 Å². The highest BCUT2D eigenvalue weighted by molar-refractivity contribution is 8.06. The Balaban J connectivity index is 1.91. The first-order valence-electron chi connectivity index (χ1n) is 6.29. The molecule has 0 bridgehead atoms. The standard InChI is InChI=1S/C10H13N4O6PS/c15-2-6-5(20-21(17,18)22)1-7(19-6)14-4-13-8-9(14)11-3-12-10(8)16/h3-7,15H,1-2H2,(H,11,12,16)(H2,17,18,22)/t5-,6+,7+/m0/s1. The van der Waals surface area contributed by atoms with Crippen molar-refractivity contribution < 1.29 is 24.2 Å². The number of H-pyrrole nitrogens is 1. The van der Waals surface area contributed by atoms with Gasteiger partial charge in [0.05, 0.1) is 25.4 Å². The van der Waals surface area contributed by atoms with E-state index in [1.807, 2.05) is 0 Å². The summed E-state index contributed by atoms with van der Waals surface area (Å²) in [5.74, 6) is 0. The van der Waals surface area contributed by atoms with Gasteiger partial charge in [-0.15, -0.1) is 0 Å². The summed E-state index contributed by atoms with van der Waals surface area (Å²) in [4.78, 5) is 40.6. The number of aromatic amines is 1. The normalized spacial score (nSPS) is 25.9. The number of aromatic nitrogens is 4. The van der Waals surface area contributed by atoms with Crippen LogP contribution in [0.2, 0.25) is 0 Å². The molecule has 1 aliphatic heterocycles. The van der Waals surface area contributed by atoms with Gasteiger partial charge in [0.25, 0.3) is 5.56 Å². The predicted molar refractivity (Wildman–Crippen MR) is 77.4 cm³/mol. The maximum atomic E-state index is 11.6. The molecule has 1 saturated heterocycles. The Morgan fingerprint density at radius 2 is 2.32 bits per heavy atom. The zero-order chi connectivity index (χ0) is 15.9. The molecule has 0 spiro atoms. The van der Waals surface area contributed by atoms with E-state index in [-0.39, 0.29) is 24.1 Å². The number of ether oxygens (including phenoxy) is 1. The van der Waals surface area contributed by atoms with E-state index in [4.69, 9.17) is 9.26 Å².